The molecule has 1 aliphatic carbocycles. The molecule has 0 atom stereocenters. The van der Waals surface area contributed by atoms with Gasteiger partial charge in [-0.15, -0.1) is 0 Å². The van der Waals surface area contributed by atoms with Gasteiger partial charge in [0.25, 0.3) is 0 Å². The number of rotatable bonds is 4. The molecule has 0 radical (unpaired) electrons. The molecule has 1 aliphatic heterocycles. The monoisotopic (exact) mass is 436 g/mol. The Hall–Kier alpha value is -3.55. The van der Waals surface area contributed by atoms with Crippen LogP contribution in [0.25, 0.3) is 11.1 Å². The van der Waals surface area contributed by atoms with Crippen LogP contribution in [-0.4, -0.2) is 32.3 Å². The van der Waals surface area contributed by atoms with Crippen molar-refractivity contribution in [3.8, 4) is 23.0 Å². The molecule has 1 heterocycles. The number of piperidine rings is 1. The molecule has 4 nitrogen and oxygen atoms in total. The standard InChI is InChI=1S/C29H28N2O2/c32-29(31-17-5-6-21-11-13-22(14-12-21)23-15-18-30-19-16-23)33-20-28-26-9-3-1-7-24(26)25-8-2-4-10-27(25)28/h1-4,7-14,23,28,30H,15-20H2,(H,31,32). The number of ether oxygens (including phenoxy) is 1. The van der Waals surface area contributed by atoms with E-state index in [4.69, 9.17) is 4.74 Å². The second-order valence-electron chi connectivity index (χ2n) is 8.63. The number of benzene rings is 3. The van der Waals surface area contributed by atoms with E-state index in [1.807, 2.05) is 24.3 Å². The first-order valence-electron chi connectivity index (χ1n) is 11.7. The third-order valence-electron chi connectivity index (χ3n) is 6.62. The van der Waals surface area contributed by atoms with E-state index in [2.05, 4.69) is 71.0 Å². The molecule has 0 aromatic heterocycles. The molecule has 1 saturated heterocycles. The minimum atomic E-state index is -0.438. The lowest BCUT2D eigenvalue weighted by Gasteiger charge is -2.22. The summed E-state index contributed by atoms with van der Waals surface area (Å²) in [6.07, 6.45) is 1.94. The first-order chi connectivity index (χ1) is 16.3. The van der Waals surface area contributed by atoms with Crippen LogP contribution < -0.4 is 10.6 Å². The molecule has 0 saturated carbocycles. The summed E-state index contributed by atoms with van der Waals surface area (Å²) in [5.41, 5.74) is 7.21. The second-order valence-corrected chi connectivity index (χ2v) is 8.63. The predicted molar refractivity (Wildman–Crippen MR) is 131 cm³/mol. The highest BCUT2D eigenvalue weighted by atomic mass is 16.5. The lowest BCUT2D eigenvalue weighted by atomic mass is 9.90. The van der Waals surface area contributed by atoms with Crippen molar-refractivity contribution in [2.45, 2.75) is 24.7 Å². The second kappa shape index (κ2) is 9.94. The third-order valence-corrected chi connectivity index (χ3v) is 6.62. The van der Waals surface area contributed by atoms with Gasteiger partial charge in [0.2, 0.25) is 0 Å². The Kier molecular flexibility index (Phi) is 6.41. The molecule has 33 heavy (non-hydrogen) atoms. The minimum Gasteiger partial charge on any atom is -0.449 e. The van der Waals surface area contributed by atoms with Crippen LogP contribution in [0, 0.1) is 11.8 Å². The number of carbonyl (C=O) groups is 1. The van der Waals surface area contributed by atoms with Gasteiger partial charge in [-0.05, 0) is 71.8 Å². The maximum absolute atomic E-state index is 12.2. The zero-order valence-electron chi connectivity index (χ0n) is 18.6. The van der Waals surface area contributed by atoms with Crippen molar-refractivity contribution in [3.63, 3.8) is 0 Å². The Labute approximate surface area is 195 Å². The Morgan fingerprint density at radius 3 is 2.21 bits per heavy atom. The maximum atomic E-state index is 12.2. The van der Waals surface area contributed by atoms with Gasteiger partial charge < -0.3 is 15.4 Å². The Morgan fingerprint density at radius 1 is 0.909 bits per heavy atom. The minimum absolute atomic E-state index is 0.0627. The van der Waals surface area contributed by atoms with Crippen molar-refractivity contribution in [2.24, 2.45) is 0 Å². The summed E-state index contributed by atoms with van der Waals surface area (Å²) < 4.78 is 5.55. The summed E-state index contributed by atoms with van der Waals surface area (Å²) >= 11 is 0. The van der Waals surface area contributed by atoms with Crippen molar-refractivity contribution < 1.29 is 9.53 Å². The molecule has 2 N–H and O–H groups in total. The predicted octanol–water partition coefficient (Wildman–Crippen LogP) is 5.04. The number of hydrogen-bond acceptors (Lipinski definition) is 3. The number of hydrogen-bond donors (Lipinski definition) is 2. The van der Waals surface area contributed by atoms with Crippen LogP contribution >= 0.6 is 0 Å². The third kappa shape index (κ3) is 4.79. The Morgan fingerprint density at radius 2 is 1.55 bits per heavy atom. The van der Waals surface area contributed by atoms with Gasteiger partial charge in [0.05, 0.1) is 6.54 Å². The average Bonchev–Trinajstić information content (AvgIpc) is 3.20. The van der Waals surface area contributed by atoms with Crippen molar-refractivity contribution >= 4 is 6.09 Å². The van der Waals surface area contributed by atoms with E-state index in [9.17, 15) is 4.79 Å². The van der Waals surface area contributed by atoms with Crippen LogP contribution in [0.15, 0.2) is 72.8 Å². The van der Waals surface area contributed by atoms with Gasteiger partial charge in [0, 0.05) is 11.5 Å². The summed E-state index contributed by atoms with van der Waals surface area (Å²) in [6, 6.07) is 25.1. The average molecular weight is 437 g/mol. The van der Waals surface area contributed by atoms with E-state index in [1.165, 1.54) is 40.7 Å². The largest absolute Gasteiger partial charge is 0.449 e. The first kappa shape index (κ1) is 21.3. The number of amides is 1. The van der Waals surface area contributed by atoms with Crippen molar-refractivity contribution in [1.82, 2.24) is 10.6 Å². The van der Waals surface area contributed by atoms with E-state index >= 15 is 0 Å². The molecule has 3 aromatic rings. The van der Waals surface area contributed by atoms with E-state index in [-0.39, 0.29) is 12.5 Å². The lowest BCUT2D eigenvalue weighted by molar-refractivity contribution is 0.144. The van der Waals surface area contributed by atoms with Gasteiger partial charge in [-0.1, -0.05) is 72.5 Å². The Balaban J connectivity index is 1.12. The number of nitrogens with one attached hydrogen (secondary N) is 2. The van der Waals surface area contributed by atoms with Gasteiger partial charge in [-0.3, -0.25) is 0 Å². The summed E-state index contributed by atoms with van der Waals surface area (Å²) in [4.78, 5) is 12.2. The van der Waals surface area contributed by atoms with Gasteiger partial charge in [-0.25, -0.2) is 4.79 Å². The lowest BCUT2D eigenvalue weighted by Crippen LogP contribution is -2.26. The van der Waals surface area contributed by atoms with E-state index < -0.39 is 6.09 Å². The first-order valence-corrected chi connectivity index (χ1v) is 11.7. The van der Waals surface area contributed by atoms with Crippen LogP contribution in [0.1, 0.15) is 46.9 Å². The van der Waals surface area contributed by atoms with Crippen LogP contribution in [0.5, 0.6) is 0 Å². The van der Waals surface area contributed by atoms with Crippen molar-refractivity contribution in [2.75, 3.05) is 26.2 Å². The van der Waals surface area contributed by atoms with Gasteiger partial charge in [0.1, 0.15) is 6.61 Å². The number of carbonyl (C=O) groups excluding carboxylic acids is 1. The zero-order chi connectivity index (χ0) is 22.5. The molecule has 0 spiro atoms. The molecule has 0 bridgehead atoms. The molecular formula is C29H28N2O2. The molecule has 0 unspecified atom stereocenters. The van der Waals surface area contributed by atoms with Crippen LogP contribution in [0.3, 0.4) is 0 Å². The highest BCUT2D eigenvalue weighted by Gasteiger charge is 2.28. The van der Waals surface area contributed by atoms with Gasteiger partial charge in [0.15, 0.2) is 0 Å². The highest BCUT2D eigenvalue weighted by molar-refractivity contribution is 5.79. The summed E-state index contributed by atoms with van der Waals surface area (Å²) in [5.74, 6) is 6.84. The SMILES string of the molecule is O=C(NCC#Cc1ccc(C2CCNCC2)cc1)OCC1c2ccccc2-c2ccccc21. The topological polar surface area (TPSA) is 50.4 Å². The fraction of sp³-hybridized carbons (Fsp3) is 0.276. The van der Waals surface area contributed by atoms with Gasteiger partial charge in [-0.2, -0.15) is 0 Å². The van der Waals surface area contributed by atoms with Crippen LogP contribution in [0.4, 0.5) is 4.79 Å². The van der Waals surface area contributed by atoms with Crippen LogP contribution in [0.2, 0.25) is 0 Å². The molecule has 1 amide bonds. The fourth-order valence-electron chi connectivity index (χ4n) is 4.91. The molecular weight excluding hydrogens is 408 g/mol. The summed E-state index contributed by atoms with van der Waals surface area (Å²) in [6.45, 7) is 2.75. The van der Waals surface area contributed by atoms with Crippen LogP contribution in [-0.2, 0) is 4.74 Å². The molecule has 166 valence electrons. The highest BCUT2D eigenvalue weighted by Crippen LogP contribution is 2.44. The van der Waals surface area contributed by atoms with Crippen molar-refractivity contribution in [3.05, 3.63) is 95.1 Å². The molecule has 2 aliphatic rings. The maximum Gasteiger partial charge on any atom is 0.407 e. The van der Waals surface area contributed by atoms with Crippen molar-refractivity contribution in [1.29, 1.82) is 0 Å². The van der Waals surface area contributed by atoms with E-state index in [1.54, 1.807) is 0 Å². The van der Waals surface area contributed by atoms with E-state index in [0.717, 1.165) is 18.7 Å². The normalized spacial score (nSPS) is 15.2. The number of alkyl carbamates (subject to hydrolysis) is 1. The summed E-state index contributed by atoms with van der Waals surface area (Å²) in [5, 5.41) is 6.15. The molecule has 5 rings (SSSR count). The molecule has 3 aromatic carbocycles. The number of fused-ring (bicyclic) bond motifs is 3. The smallest absolute Gasteiger partial charge is 0.407 e. The Bertz CT molecular complexity index is 1140. The van der Waals surface area contributed by atoms with E-state index in [0.29, 0.717) is 12.5 Å². The summed E-state index contributed by atoms with van der Waals surface area (Å²) in [7, 11) is 0. The fourth-order valence-corrected chi connectivity index (χ4v) is 4.91. The molecule has 1 fully saturated rings. The quantitative estimate of drug-likeness (QED) is 0.563. The molecule has 4 heteroatoms. The zero-order valence-corrected chi connectivity index (χ0v) is 18.6. The van der Waals surface area contributed by atoms with Gasteiger partial charge >= 0.3 is 6.09 Å².